The molecular formula is C9H10BrCl2NO. The molecule has 2 nitrogen and oxygen atoms in total. The molecule has 0 radical (unpaired) electrons. The third-order valence-corrected chi connectivity index (χ3v) is 3.39. The smallest absolute Gasteiger partial charge is 0.0835 e. The van der Waals surface area contributed by atoms with E-state index in [1.54, 1.807) is 19.1 Å². The molecule has 0 bridgehead atoms. The molecule has 0 aliphatic heterocycles. The van der Waals surface area contributed by atoms with Gasteiger partial charge in [-0.2, -0.15) is 0 Å². The Morgan fingerprint density at radius 3 is 2.64 bits per heavy atom. The third-order valence-electron chi connectivity index (χ3n) is 1.62. The molecule has 2 N–H and O–H groups in total. The van der Waals surface area contributed by atoms with Crippen LogP contribution in [0.25, 0.3) is 0 Å². The van der Waals surface area contributed by atoms with E-state index >= 15 is 0 Å². The molecule has 0 amide bonds. The molecule has 1 rings (SSSR count). The van der Waals surface area contributed by atoms with Crippen molar-refractivity contribution in [1.29, 1.82) is 0 Å². The zero-order valence-corrected chi connectivity index (χ0v) is 10.6. The highest BCUT2D eigenvalue weighted by atomic mass is 79.9. The first-order chi connectivity index (χ1) is 6.52. The van der Waals surface area contributed by atoms with E-state index in [9.17, 15) is 0 Å². The van der Waals surface area contributed by atoms with Gasteiger partial charge in [-0.15, -0.1) is 0 Å². The van der Waals surface area contributed by atoms with Crippen molar-refractivity contribution in [3.05, 3.63) is 26.7 Å². The number of benzene rings is 1. The quantitative estimate of drug-likeness (QED) is 0.837. The Morgan fingerprint density at radius 2 is 2.07 bits per heavy atom. The van der Waals surface area contributed by atoms with E-state index in [0.717, 1.165) is 10.2 Å². The molecule has 0 aromatic heterocycles. The Balaban J connectivity index is 2.83. The van der Waals surface area contributed by atoms with Gasteiger partial charge in [-0.05, 0) is 35.0 Å². The largest absolute Gasteiger partial charge is 0.392 e. The van der Waals surface area contributed by atoms with Crippen molar-refractivity contribution in [2.45, 2.75) is 13.0 Å². The topological polar surface area (TPSA) is 32.3 Å². The van der Waals surface area contributed by atoms with Crippen LogP contribution in [0, 0.1) is 0 Å². The minimum atomic E-state index is -0.423. The van der Waals surface area contributed by atoms with E-state index in [-0.39, 0.29) is 0 Å². The number of halogens is 3. The van der Waals surface area contributed by atoms with Gasteiger partial charge in [0, 0.05) is 11.0 Å². The molecule has 0 unspecified atom stereocenters. The number of anilines is 1. The van der Waals surface area contributed by atoms with E-state index in [0.29, 0.717) is 16.6 Å². The molecular weight excluding hydrogens is 289 g/mol. The molecule has 0 aliphatic rings. The summed E-state index contributed by atoms with van der Waals surface area (Å²) < 4.78 is 0.756. The normalized spacial score (nSPS) is 12.6. The van der Waals surface area contributed by atoms with Gasteiger partial charge in [0.15, 0.2) is 0 Å². The summed E-state index contributed by atoms with van der Waals surface area (Å²) in [4.78, 5) is 0. The Kier molecular flexibility index (Phi) is 4.51. The summed E-state index contributed by atoms with van der Waals surface area (Å²) in [7, 11) is 0. The monoisotopic (exact) mass is 297 g/mol. The number of nitrogens with one attached hydrogen (secondary N) is 1. The predicted molar refractivity (Wildman–Crippen MR) is 64.3 cm³/mol. The zero-order chi connectivity index (χ0) is 10.7. The molecule has 1 atom stereocenters. The summed E-state index contributed by atoms with van der Waals surface area (Å²) in [6.07, 6.45) is -0.423. The molecule has 78 valence electrons. The Morgan fingerprint density at radius 1 is 1.43 bits per heavy atom. The maximum atomic E-state index is 9.08. The molecule has 1 aromatic carbocycles. The van der Waals surface area contributed by atoms with Gasteiger partial charge in [0.2, 0.25) is 0 Å². The van der Waals surface area contributed by atoms with Gasteiger partial charge in [0.1, 0.15) is 0 Å². The summed E-state index contributed by atoms with van der Waals surface area (Å²) in [5, 5.41) is 13.0. The lowest BCUT2D eigenvalue weighted by molar-refractivity contribution is 0.208. The van der Waals surface area contributed by atoms with E-state index in [1.165, 1.54) is 0 Å². The van der Waals surface area contributed by atoms with Crippen molar-refractivity contribution in [3.63, 3.8) is 0 Å². The second-order valence-electron chi connectivity index (χ2n) is 2.95. The Hall–Kier alpha value is 0.0400. The van der Waals surface area contributed by atoms with Crippen LogP contribution in [0.2, 0.25) is 10.0 Å². The summed E-state index contributed by atoms with van der Waals surface area (Å²) in [6, 6.07) is 3.61. The molecule has 0 aliphatic carbocycles. The lowest BCUT2D eigenvalue weighted by Crippen LogP contribution is -2.15. The Bertz CT molecular complexity index is 331. The highest BCUT2D eigenvalue weighted by Crippen LogP contribution is 2.35. The van der Waals surface area contributed by atoms with Gasteiger partial charge in [-0.3, -0.25) is 0 Å². The minimum Gasteiger partial charge on any atom is -0.392 e. The number of aliphatic hydroxyl groups is 1. The first-order valence-corrected chi connectivity index (χ1v) is 5.62. The Labute approximate surface area is 101 Å². The van der Waals surface area contributed by atoms with Gasteiger partial charge in [-0.1, -0.05) is 23.2 Å². The molecule has 0 saturated carbocycles. The summed E-state index contributed by atoms with van der Waals surface area (Å²) >= 11 is 15.2. The van der Waals surface area contributed by atoms with E-state index in [1.807, 2.05) is 0 Å². The van der Waals surface area contributed by atoms with Crippen LogP contribution in [0.3, 0.4) is 0 Å². The summed E-state index contributed by atoms with van der Waals surface area (Å²) in [6.45, 7) is 2.14. The van der Waals surface area contributed by atoms with Crippen LogP contribution in [0.1, 0.15) is 6.92 Å². The second kappa shape index (κ2) is 5.21. The van der Waals surface area contributed by atoms with Crippen LogP contribution in [0.4, 0.5) is 5.69 Å². The van der Waals surface area contributed by atoms with Gasteiger partial charge >= 0.3 is 0 Å². The average Bonchev–Trinajstić information content (AvgIpc) is 2.13. The third kappa shape index (κ3) is 3.02. The number of rotatable bonds is 3. The lowest BCUT2D eigenvalue weighted by Gasteiger charge is -2.11. The maximum Gasteiger partial charge on any atom is 0.0835 e. The zero-order valence-electron chi connectivity index (χ0n) is 7.52. The highest BCUT2D eigenvalue weighted by molar-refractivity contribution is 9.10. The molecule has 0 fully saturated rings. The fraction of sp³-hybridized carbons (Fsp3) is 0.333. The lowest BCUT2D eigenvalue weighted by atomic mass is 10.3. The SMILES string of the molecule is C[C@@H](O)CNc1ccc(Br)c(Cl)c1Cl. The van der Waals surface area contributed by atoms with Crippen molar-refractivity contribution < 1.29 is 5.11 Å². The molecule has 0 spiro atoms. The van der Waals surface area contributed by atoms with Crippen LogP contribution < -0.4 is 5.32 Å². The predicted octanol–water partition coefficient (Wildman–Crippen LogP) is 3.55. The van der Waals surface area contributed by atoms with E-state index in [2.05, 4.69) is 21.2 Å². The summed E-state index contributed by atoms with van der Waals surface area (Å²) in [5.74, 6) is 0. The van der Waals surface area contributed by atoms with Gasteiger partial charge < -0.3 is 10.4 Å². The second-order valence-corrected chi connectivity index (χ2v) is 4.56. The standard InChI is InChI=1S/C9H10BrCl2NO/c1-5(14)4-13-7-3-2-6(10)8(11)9(7)12/h2-3,5,13-14H,4H2,1H3/t5-/m1/s1. The molecule has 0 saturated heterocycles. The molecule has 0 heterocycles. The number of hydrogen-bond acceptors (Lipinski definition) is 2. The van der Waals surface area contributed by atoms with E-state index < -0.39 is 6.10 Å². The van der Waals surface area contributed by atoms with Crippen LogP contribution in [0.15, 0.2) is 16.6 Å². The van der Waals surface area contributed by atoms with Crippen molar-refractivity contribution >= 4 is 44.8 Å². The minimum absolute atomic E-state index is 0.423. The van der Waals surface area contributed by atoms with Crippen molar-refractivity contribution in [1.82, 2.24) is 0 Å². The number of hydrogen-bond donors (Lipinski definition) is 2. The van der Waals surface area contributed by atoms with Crippen LogP contribution >= 0.6 is 39.1 Å². The molecule has 5 heteroatoms. The van der Waals surface area contributed by atoms with Crippen molar-refractivity contribution in [2.24, 2.45) is 0 Å². The van der Waals surface area contributed by atoms with Crippen molar-refractivity contribution in [2.75, 3.05) is 11.9 Å². The molecule has 14 heavy (non-hydrogen) atoms. The fourth-order valence-electron chi connectivity index (χ4n) is 0.920. The fourth-order valence-corrected chi connectivity index (χ4v) is 1.76. The first-order valence-electron chi connectivity index (χ1n) is 4.07. The average molecular weight is 299 g/mol. The van der Waals surface area contributed by atoms with Gasteiger partial charge in [0.25, 0.3) is 0 Å². The van der Waals surface area contributed by atoms with Crippen LogP contribution in [-0.2, 0) is 0 Å². The van der Waals surface area contributed by atoms with Gasteiger partial charge in [-0.25, -0.2) is 0 Å². The maximum absolute atomic E-state index is 9.08. The van der Waals surface area contributed by atoms with Crippen LogP contribution in [-0.4, -0.2) is 17.8 Å². The highest BCUT2D eigenvalue weighted by Gasteiger charge is 2.08. The summed E-state index contributed by atoms with van der Waals surface area (Å²) in [5.41, 5.74) is 0.723. The van der Waals surface area contributed by atoms with Crippen molar-refractivity contribution in [3.8, 4) is 0 Å². The van der Waals surface area contributed by atoms with Crippen LogP contribution in [0.5, 0.6) is 0 Å². The van der Waals surface area contributed by atoms with E-state index in [4.69, 9.17) is 28.3 Å². The molecule has 1 aromatic rings. The van der Waals surface area contributed by atoms with Gasteiger partial charge in [0.05, 0.1) is 21.8 Å². The number of aliphatic hydroxyl groups excluding tert-OH is 1. The first kappa shape index (κ1) is 12.1.